The second kappa shape index (κ2) is 20.4. The predicted molar refractivity (Wildman–Crippen MR) is 255 cm³/mol. The van der Waals surface area contributed by atoms with Crippen molar-refractivity contribution < 1.29 is 101 Å². The molecule has 2 aliphatic rings. The summed E-state index contributed by atoms with van der Waals surface area (Å²) in [5.74, 6) is -65.9. The van der Waals surface area contributed by atoms with E-state index in [1.54, 1.807) is 6.92 Å². The Hall–Kier alpha value is -7.10. The summed E-state index contributed by atoms with van der Waals surface area (Å²) in [5, 5.41) is -10.7. The van der Waals surface area contributed by atoms with Crippen molar-refractivity contribution >= 4 is 63.0 Å². The summed E-state index contributed by atoms with van der Waals surface area (Å²) < 4.78 is 386. The van der Waals surface area contributed by atoms with Crippen molar-refractivity contribution in [3.8, 4) is 11.1 Å². The Morgan fingerprint density at radius 3 is 1.70 bits per heavy atom. The van der Waals surface area contributed by atoms with Gasteiger partial charge in [-0.3, -0.25) is 4.39 Å². The SMILES string of the molecule is CCCCCCCCP(c1c(F)c(F)c(F)c(F)c1F)c1c(F)c(F)c2c(c1F)C(F)=C(F)C2(F)[B-](c1cc(F)cc(F)c1F)(c1c(F)c(F)c(F)c2c(F)c3c(F)cccc3cc12)C1c2ccccc2-c2c(F)c(F)c(F)c(F)c21. The van der Waals surface area contributed by atoms with Crippen LogP contribution >= 0.6 is 7.92 Å². The Balaban J connectivity index is 1.47. The van der Waals surface area contributed by atoms with Crippen LogP contribution in [0.4, 0.5) is 101 Å². The van der Waals surface area contributed by atoms with Crippen LogP contribution in [0.25, 0.3) is 38.5 Å². The number of rotatable bonds is 13. The Morgan fingerprint density at radius 1 is 0.469 bits per heavy atom. The summed E-state index contributed by atoms with van der Waals surface area (Å²) in [6, 6.07) is 3.82. The van der Waals surface area contributed by atoms with E-state index in [2.05, 4.69) is 0 Å². The van der Waals surface area contributed by atoms with Gasteiger partial charge in [-0.2, -0.15) is 10.9 Å². The van der Waals surface area contributed by atoms with Crippen LogP contribution in [-0.2, 0) is 5.57 Å². The average molecular weight is 1180 g/mol. The summed E-state index contributed by atoms with van der Waals surface area (Å²) in [6.07, 6.45) is -6.60. The van der Waals surface area contributed by atoms with Crippen LogP contribution < -0.4 is 21.5 Å². The lowest BCUT2D eigenvalue weighted by atomic mass is 9.05. The first kappa shape index (κ1) is 57.2. The Labute approximate surface area is 442 Å². The molecule has 0 saturated heterocycles. The normalized spacial score (nSPS) is 16.9. The van der Waals surface area contributed by atoms with Crippen molar-refractivity contribution in [3.05, 3.63) is 205 Å². The maximum absolute atomic E-state index is 20.7. The van der Waals surface area contributed by atoms with E-state index in [1.165, 1.54) is 0 Å². The van der Waals surface area contributed by atoms with Gasteiger partial charge in [0.2, 0.25) is 5.82 Å². The molecule has 2 aliphatic carbocycles. The lowest BCUT2D eigenvalue weighted by molar-refractivity contribution is 0.260. The second-order valence-corrected chi connectivity index (χ2v) is 21.6. The topological polar surface area (TPSA) is 0 Å². The first-order valence-corrected chi connectivity index (χ1v) is 25.7. The van der Waals surface area contributed by atoms with Gasteiger partial charge in [-0.15, -0.1) is 0 Å². The van der Waals surface area contributed by atoms with Gasteiger partial charge in [0.1, 0.15) is 46.9 Å². The molecule has 0 nitrogen and oxygen atoms in total. The molecule has 8 aromatic rings. The highest BCUT2D eigenvalue weighted by Gasteiger charge is 2.67. The highest BCUT2D eigenvalue weighted by molar-refractivity contribution is 7.73. The zero-order chi connectivity index (χ0) is 59.0. The van der Waals surface area contributed by atoms with Crippen LogP contribution in [-0.4, -0.2) is 12.3 Å². The minimum atomic E-state index is -6.70. The molecule has 0 aliphatic heterocycles. The van der Waals surface area contributed by atoms with Crippen molar-refractivity contribution in [2.24, 2.45) is 0 Å². The van der Waals surface area contributed by atoms with Gasteiger partial charge in [-0.05, 0) is 54.5 Å². The molecular weight excluding hydrogens is 1150 g/mol. The Morgan fingerprint density at radius 2 is 1.04 bits per heavy atom. The van der Waals surface area contributed by atoms with Crippen LogP contribution in [0.15, 0.2) is 66.5 Å². The minimum Gasteiger partial charge on any atom is -0.273 e. The van der Waals surface area contributed by atoms with E-state index in [0.29, 0.717) is 43.5 Å². The zero-order valence-corrected chi connectivity index (χ0v) is 41.4. The number of benzene rings is 8. The molecule has 0 fully saturated rings. The Bertz CT molecular complexity index is 4060. The number of fused-ring (bicyclic) bond motifs is 6. The van der Waals surface area contributed by atoms with Gasteiger partial charge in [-0.25, -0.2) is 96.6 Å². The third kappa shape index (κ3) is 7.79. The van der Waals surface area contributed by atoms with E-state index >= 15 is 96.6 Å². The number of halogens is 23. The van der Waals surface area contributed by atoms with Gasteiger partial charge in [0.25, 0.3) is 0 Å². The van der Waals surface area contributed by atoms with Crippen molar-refractivity contribution in [2.75, 3.05) is 6.16 Å². The van der Waals surface area contributed by atoms with Crippen molar-refractivity contribution in [3.63, 3.8) is 0 Å². The predicted octanol–water partition coefficient (Wildman–Crippen LogP) is 16.5. The van der Waals surface area contributed by atoms with E-state index in [1.807, 2.05) is 0 Å². The summed E-state index contributed by atoms with van der Waals surface area (Å²) in [6.45, 7) is 1.77. The lowest BCUT2D eigenvalue weighted by Crippen LogP contribution is -2.75. The molecule has 4 unspecified atom stereocenters. The first-order valence-electron chi connectivity index (χ1n) is 24.1. The van der Waals surface area contributed by atoms with E-state index < -0.39 is 255 Å². The minimum absolute atomic E-state index is 0.0789. The van der Waals surface area contributed by atoms with Gasteiger partial charge in [-0.1, -0.05) is 92.9 Å². The molecule has 0 saturated carbocycles. The smallest absolute Gasteiger partial charge is 0.200 e. The largest absolute Gasteiger partial charge is 0.273 e. The fourth-order valence-electron chi connectivity index (χ4n) is 12.1. The summed E-state index contributed by atoms with van der Waals surface area (Å²) in [4.78, 5) is 0. The molecule has 8 aromatic carbocycles. The van der Waals surface area contributed by atoms with Crippen LogP contribution in [0.2, 0.25) is 0 Å². The molecule has 81 heavy (non-hydrogen) atoms. The van der Waals surface area contributed by atoms with E-state index in [4.69, 9.17) is 0 Å². The fraction of sp³-hybridized carbons (Fsp3) is 0.179. The number of unbranched alkanes of at least 4 members (excludes halogenated alkanes) is 5. The molecule has 0 spiro atoms. The Kier molecular flexibility index (Phi) is 14.4. The molecular formula is C56H28BF23P-. The highest BCUT2D eigenvalue weighted by atomic mass is 31.1. The van der Waals surface area contributed by atoms with Crippen molar-refractivity contribution in [1.29, 1.82) is 0 Å². The maximum atomic E-state index is 20.7. The summed E-state index contributed by atoms with van der Waals surface area (Å²) in [7, 11) is -4.04. The average Bonchev–Trinajstić information content (AvgIpc) is 4.11. The zero-order valence-electron chi connectivity index (χ0n) is 40.5. The third-order valence-corrected chi connectivity index (χ3v) is 17.9. The summed E-state index contributed by atoms with van der Waals surface area (Å²) in [5.41, 5.74) is -23.0. The summed E-state index contributed by atoms with van der Waals surface area (Å²) >= 11 is 0. The number of alkyl halides is 1. The maximum Gasteiger partial charge on any atom is 0.200 e. The molecule has 25 heteroatoms. The van der Waals surface area contributed by atoms with E-state index in [0.717, 1.165) is 18.2 Å². The molecule has 4 atom stereocenters. The molecule has 0 bridgehead atoms. The van der Waals surface area contributed by atoms with Gasteiger partial charge >= 0.3 is 0 Å². The van der Waals surface area contributed by atoms with Crippen LogP contribution in [0.3, 0.4) is 0 Å². The fourth-order valence-corrected chi connectivity index (χ4v) is 14.6. The first-order chi connectivity index (χ1) is 38.3. The van der Waals surface area contributed by atoms with Gasteiger partial charge in [0.05, 0.1) is 32.5 Å². The molecule has 0 radical (unpaired) electrons. The van der Waals surface area contributed by atoms with Crippen LogP contribution in [0, 0.1) is 116 Å². The van der Waals surface area contributed by atoms with E-state index in [-0.39, 0.29) is 18.9 Å². The number of hydrogen-bond acceptors (Lipinski definition) is 0. The van der Waals surface area contributed by atoms with Crippen molar-refractivity contribution in [1.82, 2.24) is 0 Å². The number of hydrogen-bond donors (Lipinski definition) is 0. The van der Waals surface area contributed by atoms with Gasteiger partial charge < -0.3 is 0 Å². The molecule has 422 valence electrons. The van der Waals surface area contributed by atoms with Crippen LogP contribution in [0.5, 0.6) is 0 Å². The quantitative estimate of drug-likeness (QED) is 0.0205. The monoisotopic (exact) mass is 1180 g/mol. The van der Waals surface area contributed by atoms with Crippen molar-refractivity contribution in [2.45, 2.75) is 56.8 Å². The molecule has 0 amide bonds. The molecule has 0 N–H and O–H groups in total. The van der Waals surface area contributed by atoms with Crippen LogP contribution in [0.1, 0.15) is 73.5 Å². The third-order valence-electron chi connectivity index (χ3n) is 15.3. The molecule has 0 heterocycles. The standard InChI is InChI=1S/C56H28BF23P/c1-2-3-4-5-6-9-15-81(54-51(77)48(74)47(73)49(75)52(54)78)53-40(66)31-32(42(68)50(53)76)56(80,55(79)41(31)67)57(24-17-20(58)18-26(60)35(24)61,33-22-13-8-7-12-21(22)28-30(33)39(65)46(72)45(71)37(28)63)34-23-16-19-11-10-14-25(59)27(19)36(62)29(23)38(64)44(70)43(34)69/h7-8,10-14,16-18,33H,2-6,9,15H2,1H3/q-1. The molecule has 10 rings (SSSR count). The molecule has 0 aromatic heterocycles. The van der Waals surface area contributed by atoms with E-state index in [9.17, 15) is 4.39 Å². The van der Waals surface area contributed by atoms with Gasteiger partial charge in [0, 0.05) is 17.2 Å². The highest BCUT2D eigenvalue weighted by Crippen LogP contribution is 2.64. The number of allylic oxidation sites excluding steroid dienone is 1. The van der Waals surface area contributed by atoms with Gasteiger partial charge in [0.15, 0.2) is 81.5 Å². The second-order valence-electron chi connectivity index (χ2n) is 19.4. The lowest BCUT2D eigenvalue weighted by Gasteiger charge is -2.55.